The van der Waals surface area contributed by atoms with Crippen LogP contribution in [0.15, 0.2) is 12.4 Å². The quantitative estimate of drug-likeness (QED) is 0.678. The molecule has 0 unspecified atom stereocenters. The van der Waals surface area contributed by atoms with E-state index in [4.69, 9.17) is 0 Å². The van der Waals surface area contributed by atoms with Crippen molar-refractivity contribution in [3.05, 3.63) is 18.2 Å². The molecular weight excluding hydrogens is 152 g/mol. The number of Topliss-reactive ketones (excluding diaryl/α,β-unsaturated/α-hetero) is 1. The van der Waals surface area contributed by atoms with Crippen molar-refractivity contribution in [3.63, 3.8) is 0 Å². The maximum atomic E-state index is 11.1. The summed E-state index contributed by atoms with van der Waals surface area (Å²) in [5, 5.41) is 0. The molecule has 0 aromatic carbocycles. The van der Waals surface area contributed by atoms with E-state index in [9.17, 15) is 4.79 Å². The van der Waals surface area contributed by atoms with Crippen LogP contribution in [0.5, 0.6) is 0 Å². The maximum absolute atomic E-state index is 11.1. The number of imidazole rings is 1. The number of hydrogen-bond donors (Lipinski definition) is 0. The molecule has 0 bridgehead atoms. The largest absolute Gasteiger partial charge is 0.335 e. The second-order valence-electron chi connectivity index (χ2n) is 2.70. The second-order valence-corrected chi connectivity index (χ2v) is 2.70. The predicted molar refractivity (Wildman–Crippen MR) is 46.9 cm³/mol. The minimum Gasteiger partial charge on any atom is -0.335 e. The average Bonchev–Trinajstić information content (AvgIpc) is 2.51. The van der Waals surface area contributed by atoms with Crippen LogP contribution in [0.4, 0.5) is 0 Å². The first kappa shape index (κ1) is 8.97. The van der Waals surface area contributed by atoms with Crippen LogP contribution < -0.4 is 0 Å². The van der Waals surface area contributed by atoms with Gasteiger partial charge in [0, 0.05) is 25.4 Å². The van der Waals surface area contributed by atoms with Crippen LogP contribution in [-0.4, -0.2) is 15.3 Å². The summed E-state index contributed by atoms with van der Waals surface area (Å²) < 4.78 is 1.99. The smallest absolute Gasteiger partial charge is 0.140 e. The average molecular weight is 166 g/mol. The highest BCUT2D eigenvalue weighted by molar-refractivity contribution is 5.79. The Morgan fingerprint density at radius 3 is 2.92 bits per heavy atom. The Kier molecular flexibility index (Phi) is 3.02. The molecule has 1 aromatic rings. The molecule has 0 N–H and O–H groups in total. The molecule has 0 aliphatic rings. The fourth-order valence-corrected chi connectivity index (χ4v) is 1.10. The highest BCUT2D eigenvalue weighted by atomic mass is 16.1. The Balaban J connectivity index is 2.68. The zero-order chi connectivity index (χ0) is 8.97. The van der Waals surface area contributed by atoms with Gasteiger partial charge in [-0.05, 0) is 6.92 Å². The number of aromatic nitrogens is 2. The molecule has 1 heterocycles. The van der Waals surface area contributed by atoms with Gasteiger partial charge in [0.25, 0.3) is 0 Å². The van der Waals surface area contributed by atoms with Crippen molar-refractivity contribution in [1.29, 1.82) is 0 Å². The second kappa shape index (κ2) is 4.04. The standard InChI is InChI=1S/C9H14N2O/c1-3-8(12)7-9-10-5-6-11(9)4-2/h5-6H,3-4,7H2,1-2H3. The van der Waals surface area contributed by atoms with E-state index < -0.39 is 0 Å². The summed E-state index contributed by atoms with van der Waals surface area (Å²) in [6.45, 7) is 4.80. The summed E-state index contributed by atoms with van der Waals surface area (Å²) in [7, 11) is 0. The number of ketones is 1. The molecule has 3 heteroatoms. The van der Waals surface area contributed by atoms with E-state index in [-0.39, 0.29) is 5.78 Å². The van der Waals surface area contributed by atoms with E-state index in [1.807, 2.05) is 24.6 Å². The van der Waals surface area contributed by atoms with Crippen LogP contribution >= 0.6 is 0 Å². The fourth-order valence-electron chi connectivity index (χ4n) is 1.10. The van der Waals surface area contributed by atoms with Crippen LogP contribution in [0, 0.1) is 0 Å². The molecule has 0 amide bonds. The fraction of sp³-hybridized carbons (Fsp3) is 0.556. The van der Waals surface area contributed by atoms with E-state index in [1.54, 1.807) is 6.20 Å². The molecule has 1 aromatic heterocycles. The number of aryl methyl sites for hydroxylation is 1. The summed E-state index contributed by atoms with van der Waals surface area (Å²) in [5.74, 6) is 1.13. The molecule has 0 fully saturated rings. The Hall–Kier alpha value is -1.12. The molecule has 12 heavy (non-hydrogen) atoms. The monoisotopic (exact) mass is 166 g/mol. The number of nitrogens with zero attached hydrogens (tertiary/aromatic N) is 2. The van der Waals surface area contributed by atoms with Crippen molar-refractivity contribution in [3.8, 4) is 0 Å². The molecule has 66 valence electrons. The zero-order valence-corrected chi connectivity index (χ0v) is 7.58. The molecule has 3 nitrogen and oxygen atoms in total. The SMILES string of the molecule is CCC(=O)Cc1nccn1CC. The number of carbonyl (C=O) groups is 1. The molecular formula is C9H14N2O. The Morgan fingerprint density at radius 2 is 2.33 bits per heavy atom. The highest BCUT2D eigenvalue weighted by Crippen LogP contribution is 2.00. The third-order valence-corrected chi connectivity index (χ3v) is 1.89. The van der Waals surface area contributed by atoms with E-state index in [2.05, 4.69) is 4.98 Å². The molecule has 1 rings (SSSR count). The van der Waals surface area contributed by atoms with Crippen LogP contribution in [0.1, 0.15) is 26.1 Å². The lowest BCUT2D eigenvalue weighted by Crippen LogP contribution is -2.07. The van der Waals surface area contributed by atoms with Gasteiger partial charge in [0.2, 0.25) is 0 Å². The van der Waals surface area contributed by atoms with Crippen LogP contribution in [0.3, 0.4) is 0 Å². The van der Waals surface area contributed by atoms with Gasteiger partial charge in [-0.2, -0.15) is 0 Å². The lowest BCUT2D eigenvalue weighted by atomic mass is 10.2. The van der Waals surface area contributed by atoms with Crippen LogP contribution in [0.25, 0.3) is 0 Å². The van der Waals surface area contributed by atoms with Gasteiger partial charge in [0.15, 0.2) is 0 Å². The summed E-state index contributed by atoms with van der Waals surface area (Å²) in [6.07, 6.45) is 4.70. The molecule has 0 aliphatic heterocycles. The van der Waals surface area contributed by atoms with Gasteiger partial charge >= 0.3 is 0 Å². The summed E-state index contributed by atoms with van der Waals surface area (Å²) in [5.41, 5.74) is 0. The van der Waals surface area contributed by atoms with Gasteiger partial charge in [-0.15, -0.1) is 0 Å². The molecule has 0 radical (unpaired) electrons. The van der Waals surface area contributed by atoms with Gasteiger partial charge in [0.05, 0.1) is 6.42 Å². The third-order valence-electron chi connectivity index (χ3n) is 1.89. The van der Waals surface area contributed by atoms with Crippen molar-refractivity contribution >= 4 is 5.78 Å². The Labute approximate surface area is 72.4 Å². The summed E-state index contributed by atoms with van der Waals surface area (Å²) >= 11 is 0. The van der Waals surface area contributed by atoms with E-state index >= 15 is 0 Å². The minimum atomic E-state index is 0.246. The van der Waals surface area contributed by atoms with Crippen molar-refractivity contribution in [2.75, 3.05) is 0 Å². The molecule has 0 saturated carbocycles. The highest BCUT2D eigenvalue weighted by Gasteiger charge is 2.05. The Bertz CT molecular complexity index is 265. The van der Waals surface area contributed by atoms with Crippen molar-refractivity contribution in [2.45, 2.75) is 33.2 Å². The zero-order valence-electron chi connectivity index (χ0n) is 7.58. The molecule has 0 saturated heterocycles. The van der Waals surface area contributed by atoms with Crippen molar-refractivity contribution < 1.29 is 4.79 Å². The normalized spacial score (nSPS) is 10.2. The molecule has 0 aliphatic carbocycles. The number of rotatable bonds is 4. The van der Waals surface area contributed by atoms with Crippen molar-refractivity contribution in [1.82, 2.24) is 9.55 Å². The number of carbonyl (C=O) groups excluding carboxylic acids is 1. The Morgan fingerprint density at radius 1 is 1.58 bits per heavy atom. The maximum Gasteiger partial charge on any atom is 0.140 e. The first-order valence-electron chi connectivity index (χ1n) is 4.29. The molecule has 0 spiro atoms. The minimum absolute atomic E-state index is 0.246. The lowest BCUT2D eigenvalue weighted by Gasteiger charge is -2.01. The van der Waals surface area contributed by atoms with Crippen molar-refractivity contribution in [2.24, 2.45) is 0 Å². The van der Waals surface area contributed by atoms with E-state index in [0.29, 0.717) is 12.8 Å². The van der Waals surface area contributed by atoms with Crippen LogP contribution in [0.2, 0.25) is 0 Å². The predicted octanol–water partition coefficient (Wildman–Crippen LogP) is 1.42. The first-order chi connectivity index (χ1) is 5.77. The molecule has 0 atom stereocenters. The van der Waals surface area contributed by atoms with Gasteiger partial charge in [-0.3, -0.25) is 4.79 Å². The van der Waals surface area contributed by atoms with E-state index in [1.165, 1.54) is 0 Å². The lowest BCUT2D eigenvalue weighted by molar-refractivity contribution is -0.118. The topological polar surface area (TPSA) is 34.9 Å². The summed E-state index contributed by atoms with van der Waals surface area (Å²) in [6, 6.07) is 0. The first-order valence-corrected chi connectivity index (χ1v) is 4.29. The van der Waals surface area contributed by atoms with E-state index in [0.717, 1.165) is 12.4 Å². The van der Waals surface area contributed by atoms with Gasteiger partial charge in [-0.1, -0.05) is 6.92 Å². The van der Waals surface area contributed by atoms with Gasteiger partial charge in [0.1, 0.15) is 11.6 Å². The van der Waals surface area contributed by atoms with Gasteiger partial charge in [-0.25, -0.2) is 4.98 Å². The van der Waals surface area contributed by atoms with Crippen LogP contribution in [-0.2, 0) is 17.8 Å². The number of hydrogen-bond acceptors (Lipinski definition) is 2. The summed E-state index contributed by atoms with van der Waals surface area (Å²) in [4.78, 5) is 15.2. The third kappa shape index (κ3) is 1.94. The van der Waals surface area contributed by atoms with Gasteiger partial charge < -0.3 is 4.57 Å².